The lowest BCUT2D eigenvalue weighted by molar-refractivity contribution is 0.174. The Labute approximate surface area is 110 Å². The lowest BCUT2D eigenvalue weighted by Gasteiger charge is -2.32. The van der Waals surface area contributed by atoms with Crippen molar-refractivity contribution in [2.24, 2.45) is 0 Å². The molecule has 1 aliphatic heterocycles. The van der Waals surface area contributed by atoms with Crippen molar-refractivity contribution in [2.45, 2.75) is 44.6 Å². The lowest BCUT2D eigenvalue weighted by Crippen LogP contribution is -2.36. The summed E-state index contributed by atoms with van der Waals surface area (Å²) in [6.45, 7) is 1.26. The molecule has 1 aromatic rings. The SMILES string of the molecule is CN1CCCCC1CCCc1cccc(C#N)c1. The molecule has 2 rings (SSSR count). The van der Waals surface area contributed by atoms with Crippen LogP contribution in [0.15, 0.2) is 24.3 Å². The van der Waals surface area contributed by atoms with Crippen molar-refractivity contribution in [2.75, 3.05) is 13.6 Å². The van der Waals surface area contributed by atoms with Crippen LogP contribution in [0, 0.1) is 11.3 Å². The number of likely N-dealkylation sites (tertiary alicyclic amines) is 1. The van der Waals surface area contributed by atoms with Crippen molar-refractivity contribution < 1.29 is 0 Å². The van der Waals surface area contributed by atoms with Gasteiger partial charge in [0.2, 0.25) is 0 Å². The molecular weight excluding hydrogens is 220 g/mol. The molecule has 0 aliphatic carbocycles. The first-order chi connectivity index (χ1) is 8.79. The average molecular weight is 242 g/mol. The number of aryl methyl sites for hydroxylation is 1. The first-order valence-electron chi connectivity index (χ1n) is 6.99. The summed E-state index contributed by atoms with van der Waals surface area (Å²) in [6, 6.07) is 11.0. The third kappa shape index (κ3) is 3.58. The van der Waals surface area contributed by atoms with E-state index in [1.807, 2.05) is 18.2 Å². The molecule has 18 heavy (non-hydrogen) atoms. The molecule has 1 atom stereocenters. The lowest BCUT2D eigenvalue weighted by atomic mass is 9.96. The minimum Gasteiger partial charge on any atom is -0.303 e. The summed E-state index contributed by atoms with van der Waals surface area (Å²) in [5, 5.41) is 8.87. The van der Waals surface area contributed by atoms with E-state index in [-0.39, 0.29) is 0 Å². The topological polar surface area (TPSA) is 27.0 Å². The van der Waals surface area contributed by atoms with Gasteiger partial charge < -0.3 is 4.90 Å². The van der Waals surface area contributed by atoms with Crippen LogP contribution in [0.4, 0.5) is 0 Å². The number of hydrogen-bond donors (Lipinski definition) is 0. The number of nitrogens with zero attached hydrogens (tertiary/aromatic N) is 2. The summed E-state index contributed by atoms with van der Waals surface area (Å²) >= 11 is 0. The zero-order valence-corrected chi connectivity index (χ0v) is 11.2. The van der Waals surface area contributed by atoms with Gasteiger partial charge in [0.1, 0.15) is 0 Å². The summed E-state index contributed by atoms with van der Waals surface area (Å²) in [5.41, 5.74) is 2.08. The maximum Gasteiger partial charge on any atom is 0.0991 e. The van der Waals surface area contributed by atoms with Crippen LogP contribution < -0.4 is 0 Å². The minimum absolute atomic E-state index is 0.776. The van der Waals surface area contributed by atoms with Gasteiger partial charge in [-0.15, -0.1) is 0 Å². The highest BCUT2D eigenvalue weighted by Crippen LogP contribution is 2.20. The number of hydrogen-bond acceptors (Lipinski definition) is 2. The van der Waals surface area contributed by atoms with Crippen molar-refractivity contribution in [1.82, 2.24) is 4.90 Å². The van der Waals surface area contributed by atoms with Gasteiger partial charge in [0.15, 0.2) is 0 Å². The van der Waals surface area contributed by atoms with Crippen molar-refractivity contribution in [3.8, 4) is 6.07 Å². The van der Waals surface area contributed by atoms with Crippen LogP contribution in [0.25, 0.3) is 0 Å². The largest absolute Gasteiger partial charge is 0.303 e. The predicted molar refractivity (Wildman–Crippen MR) is 74.4 cm³/mol. The van der Waals surface area contributed by atoms with Gasteiger partial charge in [0, 0.05) is 6.04 Å². The zero-order chi connectivity index (χ0) is 12.8. The molecule has 1 saturated heterocycles. The van der Waals surface area contributed by atoms with Gasteiger partial charge in [-0.3, -0.25) is 0 Å². The second-order valence-electron chi connectivity index (χ2n) is 5.33. The van der Waals surface area contributed by atoms with Crippen molar-refractivity contribution in [1.29, 1.82) is 5.26 Å². The quantitative estimate of drug-likeness (QED) is 0.809. The van der Waals surface area contributed by atoms with E-state index < -0.39 is 0 Å². The fourth-order valence-corrected chi connectivity index (χ4v) is 2.85. The van der Waals surface area contributed by atoms with Crippen LogP contribution in [0.5, 0.6) is 0 Å². The molecule has 0 N–H and O–H groups in total. The van der Waals surface area contributed by atoms with Crippen LogP contribution >= 0.6 is 0 Å². The highest BCUT2D eigenvalue weighted by Gasteiger charge is 2.17. The van der Waals surface area contributed by atoms with E-state index >= 15 is 0 Å². The van der Waals surface area contributed by atoms with E-state index in [2.05, 4.69) is 24.1 Å². The average Bonchev–Trinajstić information content (AvgIpc) is 2.41. The molecule has 0 aromatic heterocycles. The monoisotopic (exact) mass is 242 g/mol. The predicted octanol–water partition coefficient (Wildman–Crippen LogP) is 3.37. The molecule has 1 heterocycles. The summed E-state index contributed by atoms with van der Waals surface area (Å²) < 4.78 is 0. The minimum atomic E-state index is 0.776. The molecule has 1 aliphatic rings. The van der Waals surface area contributed by atoms with Gasteiger partial charge in [0.25, 0.3) is 0 Å². The Morgan fingerprint density at radius 1 is 1.39 bits per heavy atom. The van der Waals surface area contributed by atoms with Gasteiger partial charge in [-0.25, -0.2) is 0 Å². The Bertz CT molecular complexity index is 419. The van der Waals surface area contributed by atoms with Gasteiger partial charge in [-0.05, 0) is 63.4 Å². The summed E-state index contributed by atoms with van der Waals surface area (Å²) in [4.78, 5) is 2.51. The maximum atomic E-state index is 8.87. The van der Waals surface area contributed by atoms with Gasteiger partial charge in [0.05, 0.1) is 11.6 Å². The fourth-order valence-electron chi connectivity index (χ4n) is 2.85. The molecule has 0 bridgehead atoms. The number of benzene rings is 1. The number of nitriles is 1. The van der Waals surface area contributed by atoms with E-state index in [1.165, 1.54) is 44.2 Å². The Kier molecular flexibility index (Phi) is 4.78. The van der Waals surface area contributed by atoms with Crippen LogP contribution in [0.1, 0.15) is 43.2 Å². The summed E-state index contributed by atoms with van der Waals surface area (Å²) in [7, 11) is 2.25. The first kappa shape index (κ1) is 13.1. The molecule has 96 valence electrons. The van der Waals surface area contributed by atoms with Crippen molar-refractivity contribution in [3.05, 3.63) is 35.4 Å². The van der Waals surface area contributed by atoms with Gasteiger partial charge >= 0.3 is 0 Å². The summed E-state index contributed by atoms with van der Waals surface area (Å²) in [5.74, 6) is 0. The molecule has 0 saturated carbocycles. The maximum absolute atomic E-state index is 8.87. The molecule has 0 spiro atoms. The fraction of sp³-hybridized carbons (Fsp3) is 0.562. The van der Waals surface area contributed by atoms with Gasteiger partial charge in [-0.2, -0.15) is 5.26 Å². The smallest absolute Gasteiger partial charge is 0.0991 e. The second-order valence-corrected chi connectivity index (χ2v) is 5.33. The van der Waals surface area contributed by atoms with E-state index in [4.69, 9.17) is 5.26 Å². The Morgan fingerprint density at radius 3 is 3.06 bits per heavy atom. The van der Waals surface area contributed by atoms with Crippen molar-refractivity contribution in [3.63, 3.8) is 0 Å². The number of piperidine rings is 1. The van der Waals surface area contributed by atoms with E-state index in [1.54, 1.807) is 0 Å². The van der Waals surface area contributed by atoms with Crippen LogP contribution in [-0.4, -0.2) is 24.5 Å². The van der Waals surface area contributed by atoms with Crippen LogP contribution in [0.2, 0.25) is 0 Å². The Morgan fingerprint density at radius 2 is 2.28 bits per heavy atom. The molecule has 1 fully saturated rings. The molecule has 0 radical (unpaired) electrons. The molecule has 2 nitrogen and oxygen atoms in total. The summed E-state index contributed by atoms with van der Waals surface area (Å²) in [6.07, 6.45) is 7.71. The van der Waals surface area contributed by atoms with Gasteiger partial charge in [-0.1, -0.05) is 18.6 Å². The second kappa shape index (κ2) is 6.56. The molecular formula is C16H22N2. The third-order valence-electron chi connectivity index (χ3n) is 3.98. The Hall–Kier alpha value is -1.33. The number of rotatable bonds is 4. The van der Waals surface area contributed by atoms with Crippen molar-refractivity contribution >= 4 is 0 Å². The first-order valence-corrected chi connectivity index (χ1v) is 6.99. The van der Waals surface area contributed by atoms with E-state index in [0.717, 1.165) is 18.0 Å². The molecule has 2 heteroatoms. The standard InChI is InChI=1S/C16H22N2/c1-18-11-3-2-9-16(18)10-5-7-14-6-4-8-15(12-14)13-17/h4,6,8,12,16H,2-3,5,7,9-11H2,1H3. The van der Waals surface area contributed by atoms with Crippen LogP contribution in [0.3, 0.4) is 0 Å². The normalized spacial score (nSPS) is 20.6. The molecule has 1 unspecified atom stereocenters. The van der Waals surface area contributed by atoms with E-state index in [0.29, 0.717) is 0 Å². The Balaban J connectivity index is 1.79. The molecule has 1 aromatic carbocycles. The van der Waals surface area contributed by atoms with Crippen LogP contribution in [-0.2, 0) is 6.42 Å². The zero-order valence-electron chi connectivity index (χ0n) is 11.2. The molecule has 0 amide bonds. The highest BCUT2D eigenvalue weighted by molar-refractivity contribution is 5.32. The highest BCUT2D eigenvalue weighted by atomic mass is 15.1. The van der Waals surface area contributed by atoms with E-state index in [9.17, 15) is 0 Å². The third-order valence-corrected chi connectivity index (χ3v) is 3.98.